The van der Waals surface area contributed by atoms with Gasteiger partial charge in [0.05, 0.1) is 11.1 Å². The standard InChI is InChI=1S/C58H43N/c1-57(2)51-24-12-14-26-53(51)58(54-27-15-13-25-52(54)57)50-23-11-9-22-48(50)49-38-33-44(39-55(49)58)42-31-36-46(37-32-42)59(45-34-29-41(30-35-45)40-17-5-3-6-18-40)56-28-16-10-21-47(56)43-19-7-4-8-20-43/h3-39H,1-2H3. The van der Waals surface area contributed by atoms with Gasteiger partial charge in [-0.3, -0.25) is 0 Å². The molecule has 2 aliphatic carbocycles. The third kappa shape index (κ3) is 5.39. The van der Waals surface area contributed by atoms with E-state index in [9.17, 15) is 0 Å². The van der Waals surface area contributed by atoms with Gasteiger partial charge in [-0.05, 0) is 109 Å². The van der Waals surface area contributed by atoms with Gasteiger partial charge in [0.15, 0.2) is 0 Å². The van der Waals surface area contributed by atoms with E-state index in [0.717, 1.165) is 17.1 Å². The number of hydrogen-bond acceptors (Lipinski definition) is 1. The van der Waals surface area contributed by atoms with Crippen LogP contribution in [-0.4, -0.2) is 0 Å². The van der Waals surface area contributed by atoms with Crippen LogP contribution in [0, 0.1) is 0 Å². The Labute approximate surface area is 347 Å². The Morgan fingerprint density at radius 1 is 0.288 bits per heavy atom. The van der Waals surface area contributed by atoms with Crippen molar-refractivity contribution in [3.8, 4) is 44.5 Å². The van der Waals surface area contributed by atoms with Crippen LogP contribution in [-0.2, 0) is 10.8 Å². The Morgan fingerprint density at radius 3 is 1.29 bits per heavy atom. The molecule has 0 aliphatic heterocycles. The highest BCUT2D eigenvalue weighted by Gasteiger charge is 2.53. The number of fused-ring (bicyclic) bond motifs is 9. The summed E-state index contributed by atoms with van der Waals surface area (Å²) in [4.78, 5) is 2.40. The lowest BCUT2D eigenvalue weighted by atomic mass is 9.55. The second-order valence-corrected chi connectivity index (χ2v) is 16.5. The second-order valence-electron chi connectivity index (χ2n) is 16.5. The molecule has 0 fully saturated rings. The summed E-state index contributed by atoms with van der Waals surface area (Å²) < 4.78 is 0. The van der Waals surface area contributed by atoms with E-state index in [1.54, 1.807) is 0 Å². The van der Waals surface area contributed by atoms with Crippen molar-refractivity contribution in [2.45, 2.75) is 24.7 Å². The van der Waals surface area contributed by atoms with E-state index in [0.29, 0.717) is 0 Å². The van der Waals surface area contributed by atoms with Crippen LogP contribution >= 0.6 is 0 Å². The number of benzene rings is 9. The van der Waals surface area contributed by atoms with Crippen LogP contribution in [0.4, 0.5) is 17.1 Å². The molecule has 0 N–H and O–H groups in total. The van der Waals surface area contributed by atoms with Crippen molar-refractivity contribution < 1.29 is 0 Å². The van der Waals surface area contributed by atoms with E-state index in [-0.39, 0.29) is 5.41 Å². The van der Waals surface area contributed by atoms with Crippen molar-refractivity contribution >= 4 is 17.1 Å². The molecule has 0 amide bonds. The normalized spacial score (nSPS) is 13.9. The summed E-state index contributed by atoms with van der Waals surface area (Å²) in [5, 5.41) is 0. The molecule has 280 valence electrons. The maximum atomic E-state index is 2.49. The predicted octanol–water partition coefficient (Wildman–Crippen LogP) is 15.2. The number of hydrogen-bond donors (Lipinski definition) is 0. The number of para-hydroxylation sites is 1. The first-order valence-electron chi connectivity index (χ1n) is 20.7. The first-order valence-corrected chi connectivity index (χ1v) is 20.7. The van der Waals surface area contributed by atoms with E-state index < -0.39 is 5.41 Å². The quantitative estimate of drug-likeness (QED) is 0.163. The minimum absolute atomic E-state index is 0.129. The molecular weight excluding hydrogens is 711 g/mol. The van der Waals surface area contributed by atoms with Gasteiger partial charge in [0.25, 0.3) is 0 Å². The largest absolute Gasteiger partial charge is 0.310 e. The predicted molar refractivity (Wildman–Crippen MR) is 247 cm³/mol. The van der Waals surface area contributed by atoms with Gasteiger partial charge in [-0.25, -0.2) is 0 Å². The van der Waals surface area contributed by atoms with Crippen molar-refractivity contribution in [3.05, 3.63) is 258 Å². The fraction of sp³-hybridized carbons (Fsp3) is 0.0690. The van der Waals surface area contributed by atoms with Crippen LogP contribution in [0.2, 0.25) is 0 Å². The molecule has 0 aromatic heterocycles. The van der Waals surface area contributed by atoms with Crippen molar-refractivity contribution in [1.82, 2.24) is 0 Å². The maximum Gasteiger partial charge on any atom is 0.0719 e. The molecule has 0 bridgehead atoms. The lowest BCUT2D eigenvalue weighted by molar-refractivity contribution is 0.563. The molecular formula is C58H43N. The Morgan fingerprint density at radius 2 is 0.695 bits per heavy atom. The molecule has 2 aliphatic rings. The summed E-state index contributed by atoms with van der Waals surface area (Å²) in [6.45, 7) is 4.77. The van der Waals surface area contributed by atoms with Crippen molar-refractivity contribution in [3.63, 3.8) is 0 Å². The van der Waals surface area contributed by atoms with Crippen molar-refractivity contribution in [2.75, 3.05) is 4.90 Å². The zero-order chi connectivity index (χ0) is 39.6. The minimum atomic E-state index is -0.422. The van der Waals surface area contributed by atoms with Crippen LogP contribution in [0.25, 0.3) is 44.5 Å². The smallest absolute Gasteiger partial charge is 0.0719 e. The Bertz CT molecular complexity index is 2940. The molecule has 9 aromatic rings. The van der Waals surface area contributed by atoms with Gasteiger partial charge in [-0.1, -0.05) is 202 Å². The topological polar surface area (TPSA) is 3.24 Å². The van der Waals surface area contributed by atoms with Crippen molar-refractivity contribution in [1.29, 1.82) is 0 Å². The van der Waals surface area contributed by atoms with Gasteiger partial charge in [0, 0.05) is 22.4 Å². The fourth-order valence-corrected chi connectivity index (χ4v) is 10.2. The molecule has 1 spiro atoms. The average Bonchev–Trinajstić information content (AvgIpc) is 3.60. The van der Waals surface area contributed by atoms with E-state index in [2.05, 4.69) is 243 Å². The Kier molecular flexibility index (Phi) is 8.13. The first-order chi connectivity index (χ1) is 29.0. The number of rotatable bonds is 6. The summed E-state index contributed by atoms with van der Waals surface area (Å²) in [6, 6.07) is 82.8. The van der Waals surface area contributed by atoms with E-state index in [4.69, 9.17) is 0 Å². The van der Waals surface area contributed by atoms with Gasteiger partial charge < -0.3 is 4.90 Å². The summed E-state index contributed by atoms with van der Waals surface area (Å²) in [5.74, 6) is 0. The summed E-state index contributed by atoms with van der Waals surface area (Å²) in [7, 11) is 0. The third-order valence-corrected chi connectivity index (χ3v) is 13.0. The fourth-order valence-electron chi connectivity index (χ4n) is 10.2. The van der Waals surface area contributed by atoms with Gasteiger partial charge in [-0.15, -0.1) is 0 Å². The zero-order valence-electron chi connectivity index (χ0n) is 33.3. The molecule has 0 unspecified atom stereocenters. The zero-order valence-corrected chi connectivity index (χ0v) is 33.3. The molecule has 9 aromatic carbocycles. The third-order valence-electron chi connectivity index (χ3n) is 13.0. The van der Waals surface area contributed by atoms with Crippen LogP contribution < -0.4 is 4.90 Å². The molecule has 0 saturated carbocycles. The summed E-state index contributed by atoms with van der Waals surface area (Å²) in [5.41, 5.74) is 20.9. The number of anilines is 3. The Balaban J connectivity index is 1.06. The van der Waals surface area contributed by atoms with Gasteiger partial charge >= 0.3 is 0 Å². The summed E-state index contributed by atoms with van der Waals surface area (Å²) in [6.07, 6.45) is 0. The first kappa shape index (κ1) is 35.0. The van der Waals surface area contributed by atoms with Crippen LogP contribution in [0.15, 0.2) is 224 Å². The molecule has 1 nitrogen and oxygen atoms in total. The number of nitrogens with zero attached hydrogens (tertiary/aromatic N) is 1. The minimum Gasteiger partial charge on any atom is -0.310 e. The molecule has 0 heterocycles. The Hall–Kier alpha value is -7.22. The molecule has 11 rings (SSSR count). The van der Waals surface area contributed by atoms with Gasteiger partial charge in [0.1, 0.15) is 0 Å². The molecule has 1 heteroatoms. The van der Waals surface area contributed by atoms with Crippen LogP contribution in [0.5, 0.6) is 0 Å². The van der Waals surface area contributed by atoms with Crippen LogP contribution in [0.1, 0.15) is 47.2 Å². The summed E-state index contributed by atoms with van der Waals surface area (Å²) >= 11 is 0. The van der Waals surface area contributed by atoms with Crippen molar-refractivity contribution in [2.24, 2.45) is 0 Å². The lowest BCUT2D eigenvalue weighted by Gasteiger charge is -2.46. The van der Waals surface area contributed by atoms with Gasteiger partial charge in [-0.2, -0.15) is 0 Å². The second kappa shape index (κ2) is 13.7. The van der Waals surface area contributed by atoms with E-state index in [1.165, 1.54) is 77.9 Å². The highest BCUT2D eigenvalue weighted by atomic mass is 15.1. The SMILES string of the molecule is CC1(C)c2ccccc2C2(c3ccccc3-c3ccc(-c4ccc(N(c5ccc(-c6ccccc6)cc5)c5ccccc5-c5ccccc5)cc4)cc32)c2ccccc21. The molecule has 0 radical (unpaired) electrons. The average molecular weight is 754 g/mol. The monoisotopic (exact) mass is 753 g/mol. The highest BCUT2D eigenvalue weighted by Crippen LogP contribution is 2.62. The van der Waals surface area contributed by atoms with E-state index in [1.807, 2.05) is 0 Å². The highest BCUT2D eigenvalue weighted by molar-refractivity contribution is 5.92. The lowest BCUT2D eigenvalue weighted by Crippen LogP contribution is -2.40. The maximum absolute atomic E-state index is 2.49. The van der Waals surface area contributed by atoms with E-state index >= 15 is 0 Å². The molecule has 59 heavy (non-hydrogen) atoms. The van der Waals surface area contributed by atoms with Crippen LogP contribution in [0.3, 0.4) is 0 Å². The molecule has 0 atom stereocenters. The molecule has 0 saturated heterocycles. The van der Waals surface area contributed by atoms with Gasteiger partial charge in [0.2, 0.25) is 0 Å².